The first kappa shape index (κ1) is 20.8. The van der Waals surface area contributed by atoms with Crippen molar-refractivity contribution in [1.29, 1.82) is 0 Å². The molecule has 0 amide bonds. The Morgan fingerprint density at radius 3 is 1.67 bits per heavy atom. The lowest BCUT2D eigenvalue weighted by atomic mass is 10.1. The summed E-state index contributed by atoms with van der Waals surface area (Å²) in [6.07, 6.45) is 8.92. The van der Waals surface area contributed by atoms with E-state index in [9.17, 15) is 0 Å². The van der Waals surface area contributed by atoms with Gasteiger partial charge in [0, 0.05) is 34.5 Å². The molecular weight excluding hydrogens is 402 g/mol. The van der Waals surface area contributed by atoms with Gasteiger partial charge in [0.25, 0.3) is 0 Å². The summed E-state index contributed by atoms with van der Waals surface area (Å²) < 4.78 is 0. The molecule has 0 bridgehead atoms. The SMILES string of the molecule is Cc1cc(N(C2=CCCC=C2)c2ccccc2)cc(N(c2ccccc2)c2ccccc2)n1. The van der Waals surface area contributed by atoms with Gasteiger partial charge in [-0.25, -0.2) is 4.98 Å². The summed E-state index contributed by atoms with van der Waals surface area (Å²) in [5, 5.41) is 0. The predicted octanol–water partition coefficient (Wildman–Crippen LogP) is 8.23. The first-order valence-electron chi connectivity index (χ1n) is 11.4. The lowest BCUT2D eigenvalue weighted by Crippen LogP contribution is -2.18. The van der Waals surface area contributed by atoms with Crippen LogP contribution in [-0.2, 0) is 0 Å². The zero-order valence-electron chi connectivity index (χ0n) is 18.8. The minimum absolute atomic E-state index is 0.892. The molecule has 0 radical (unpaired) electrons. The van der Waals surface area contributed by atoms with Crippen LogP contribution in [0, 0.1) is 6.92 Å². The second kappa shape index (κ2) is 9.58. The number of para-hydroxylation sites is 3. The van der Waals surface area contributed by atoms with Crippen molar-refractivity contribution in [3.63, 3.8) is 0 Å². The second-order valence-electron chi connectivity index (χ2n) is 8.11. The molecule has 0 aliphatic heterocycles. The quantitative estimate of drug-likeness (QED) is 0.308. The molecule has 3 heteroatoms. The van der Waals surface area contributed by atoms with Crippen LogP contribution in [0.2, 0.25) is 0 Å². The predicted molar refractivity (Wildman–Crippen MR) is 139 cm³/mol. The number of benzene rings is 3. The molecule has 1 aromatic heterocycles. The van der Waals surface area contributed by atoms with E-state index in [0.717, 1.165) is 47.1 Å². The van der Waals surface area contributed by atoms with Crippen molar-refractivity contribution in [3.05, 3.63) is 133 Å². The highest BCUT2D eigenvalue weighted by Crippen LogP contribution is 2.38. The summed E-state index contributed by atoms with van der Waals surface area (Å²) in [4.78, 5) is 9.50. The van der Waals surface area contributed by atoms with E-state index < -0.39 is 0 Å². The van der Waals surface area contributed by atoms with Gasteiger partial charge >= 0.3 is 0 Å². The Kier molecular flexibility index (Phi) is 6.03. The number of nitrogens with zero attached hydrogens (tertiary/aromatic N) is 3. The van der Waals surface area contributed by atoms with Crippen LogP contribution in [0.4, 0.5) is 28.6 Å². The van der Waals surface area contributed by atoms with Crippen LogP contribution in [0.3, 0.4) is 0 Å². The van der Waals surface area contributed by atoms with E-state index in [2.05, 4.69) is 126 Å². The lowest BCUT2D eigenvalue weighted by Gasteiger charge is -2.30. The highest BCUT2D eigenvalue weighted by atomic mass is 15.2. The average molecular weight is 430 g/mol. The number of anilines is 5. The molecule has 0 saturated heterocycles. The molecule has 1 aliphatic carbocycles. The lowest BCUT2D eigenvalue weighted by molar-refractivity contribution is 0.995. The number of rotatable bonds is 6. The molecule has 0 saturated carbocycles. The first-order valence-corrected chi connectivity index (χ1v) is 11.4. The van der Waals surface area contributed by atoms with Gasteiger partial charge in [-0.3, -0.25) is 4.90 Å². The van der Waals surface area contributed by atoms with Gasteiger partial charge in [-0.2, -0.15) is 0 Å². The standard InChI is InChI=1S/C30H27N3/c1-24-22-29(32(25-14-6-2-7-15-25)26-16-8-3-9-17-26)23-30(31-24)33(27-18-10-4-11-19-27)28-20-12-5-13-21-28/h2,4-8,10-23H,3,9H2,1H3. The summed E-state index contributed by atoms with van der Waals surface area (Å²) >= 11 is 0. The van der Waals surface area contributed by atoms with Gasteiger partial charge in [-0.15, -0.1) is 0 Å². The van der Waals surface area contributed by atoms with Crippen LogP contribution < -0.4 is 9.80 Å². The molecule has 0 fully saturated rings. The molecule has 3 nitrogen and oxygen atoms in total. The maximum atomic E-state index is 4.97. The molecule has 162 valence electrons. The Balaban J connectivity index is 1.67. The number of hydrogen-bond donors (Lipinski definition) is 0. The average Bonchev–Trinajstić information content (AvgIpc) is 2.87. The third-order valence-corrected chi connectivity index (χ3v) is 5.69. The van der Waals surface area contributed by atoms with Gasteiger partial charge < -0.3 is 4.90 Å². The zero-order chi connectivity index (χ0) is 22.5. The molecule has 0 atom stereocenters. The van der Waals surface area contributed by atoms with E-state index in [1.807, 2.05) is 12.1 Å². The van der Waals surface area contributed by atoms with Crippen LogP contribution in [0.1, 0.15) is 18.5 Å². The monoisotopic (exact) mass is 429 g/mol. The van der Waals surface area contributed by atoms with Gasteiger partial charge in [0.05, 0.1) is 5.69 Å². The molecule has 0 N–H and O–H groups in total. The molecular formula is C30H27N3. The van der Waals surface area contributed by atoms with Gasteiger partial charge in [0.1, 0.15) is 5.82 Å². The molecule has 0 unspecified atom stereocenters. The third kappa shape index (κ3) is 4.58. The summed E-state index contributed by atoms with van der Waals surface area (Å²) in [6, 6.07) is 35.7. The smallest absolute Gasteiger partial charge is 0.139 e. The Morgan fingerprint density at radius 1 is 0.606 bits per heavy atom. The van der Waals surface area contributed by atoms with Gasteiger partial charge in [-0.1, -0.05) is 66.7 Å². The number of aryl methyl sites for hydroxylation is 1. The zero-order valence-corrected chi connectivity index (χ0v) is 18.8. The molecule has 3 aromatic carbocycles. The summed E-state index contributed by atoms with van der Waals surface area (Å²) in [5.41, 5.74) is 6.55. The molecule has 5 rings (SSSR count). The van der Waals surface area contributed by atoms with Crippen molar-refractivity contribution < 1.29 is 0 Å². The highest BCUT2D eigenvalue weighted by molar-refractivity contribution is 5.79. The van der Waals surface area contributed by atoms with Crippen molar-refractivity contribution in [3.8, 4) is 0 Å². The Labute approximate surface area is 196 Å². The van der Waals surface area contributed by atoms with Crippen LogP contribution >= 0.6 is 0 Å². The number of hydrogen-bond acceptors (Lipinski definition) is 3. The number of aromatic nitrogens is 1. The summed E-state index contributed by atoms with van der Waals surface area (Å²) in [6.45, 7) is 2.06. The van der Waals surface area contributed by atoms with Crippen LogP contribution in [0.25, 0.3) is 0 Å². The van der Waals surface area contributed by atoms with Crippen molar-refractivity contribution >= 4 is 28.6 Å². The van der Waals surface area contributed by atoms with E-state index in [-0.39, 0.29) is 0 Å². The molecule has 4 aromatic rings. The fraction of sp³-hybridized carbons (Fsp3) is 0.100. The number of allylic oxidation sites excluding steroid dienone is 3. The largest absolute Gasteiger partial charge is 0.311 e. The fourth-order valence-electron chi connectivity index (χ4n) is 4.23. The van der Waals surface area contributed by atoms with E-state index in [0.29, 0.717) is 0 Å². The Morgan fingerprint density at radius 2 is 1.15 bits per heavy atom. The molecule has 1 aliphatic rings. The van der Waals surface area contributed by atoms with E-state index in [1.54, 1.807) is 0 Å². The molecule has 33 heavy (non-hydrogen) atoms. The van der Waals surface area contributed by atoms with Crippen molar-refractivity contribution in [2.75, 3.05) is 9.80 Å². The highest BCUT2D eigenvalue weighted by Gasteiger charge is 2.19. The minimum atomic E-state index is 0.892. The topological polar surface area (TPSA) is 19.4 Å². The Hall–Kier alpha value is -4.11. The maximum absolute atomic E-state index is 4.97. The van der Waals surface area contributed by atoms with Gasteiger partial charge in [0.15, 0.2) is 0 Å². The molecule has 0 spiro atoms. The van der Waals surface area contributed by atoms with Gasteiger partial charge in [-0.05, 0) is 68.3 Å². The van der Waals surface area contributed by atoms with Crippen LogP contribution in [-0.4, -0.2) is 4.98 Å². The summed E-state index contributed by atoms with van der Waals surface area (Å²) in [5.74, 6) is 0.892. The van der Waals surface area contributed by atoms with Gasteiger partial charge in [0.2, 0.25) is 0 Å². The number of pyridine rings is 1. The van der Waals surface area contributed by atoms with Crippen molar-refractivity contribution in [1.82, 2.24) is 4.98 Å². The van der Waals surface area contributed by atoms with Crippen molar-refractivity contribution in [2.24, 2.45) is 0 Å². The van der Waals surface area contributed by atoms with Crippen molar-refractivity contribution in [2.45, 2.75) is 19.8 Å². The fourth-order valence-corrected chi connectivity index (χ4v) is 4.23. The minimum Gasteiger partial charge on any atom is -0.311 e. The Bertz CT molecular complexity index is 1220. The maximum Gasteiger partial charge on any atom is 0.139 e. The summed E-state index contributed by atoms with van der Waals surface area (Å²) in [7, 11) is 0. The van der Waals surface area contributed by atoms with E-state index in [4.69, 9.17) is 4.98 Å². The molecule has 1 heterocycles. The third-order valence-electron chi connectivity index (χ3n) is 5.69. The first-order chi connectivity index (χ1) is 16.3. The van der Waals surface area contributed by atoms with Crippen LogP contribution in [0.5, 0.6) is 0 Å². The second-order valence-corrected chi connectivity index (χ2v) is 8.11. The normalized spacial score (nSPS) is 12.8. The van der Waals surface area contributed by atoms with E-state index >= 15 is 0 Å². The van der Waals surface area contributed by atoms with Crippen LogP contribution in [0.15, 0.2) is 127 Å². The van der Waals surface area contributed by atoms with E-state index in [1.165, 1.54) is 5.70 Å².